The molecule has 2 heteroatoms. The molecule has 1 N–H and O–H groups in total. The Balaban J connectivity index is 2.79. The summed E-state index contributed by atoms with van der Waals surface area (Å²) in [6.45, 7) is 5.71. The molecule has 0 heterocycles. The highest BCUT2D eigenvalue weighted by Crippen LogP contribution is 2.19. The first kappa shape index (κ1) is 10.1. The van der Waals surface area contributed by atoms with Gasteiger partial charge in [-0.2, -0.15) is 0 Å². The van der Waals surface area contributed by atoms with Crippen LogP contribution >= 0.6 is 0 Å². The number of aliphatic hydroxyl groups excluding tert-OH is 1. The fourth-order valence-electron chi connectivity index (χ4n) is 1.12. The van der Waals surface area contributed by atoms with Crippen LogP contribution in [0.5, 0.6) is 5.75 Å². The molecule has 0 aliphatic heterocycles. The van der Waals surface area contributed by atoms with Crippen LogP contribution in [0.2, 0.25) is 0 Å². The highest BCUT2D eigenvalue weighted by molar-refractivity contribution is 5.29. The molecular weight excluding hydrogens is 164 g/mol. The lowest BCUT2D eigenvalue weighted by atomic mass is 10.1. The van der Waals surface area contributed by atoms with E-state index in [9.17, 15) is 5.11 Å². The van der Waals surface area contributed by atoms with Crippen LogP contribution in [-0.4, -0.2) is 11.2 Å². The average Bonchev–Trinajstić information content (AvgIpc) is 2.03. The normalized spacial score (nSPS) is 13.0. The summed E-state index contributed by atoms with van der Waals surface area (Å²) in [6, 6.07) is 7.54. The summed E-state index contributed by atoms with van der Waals surface area (Å²) in [5.41, 5.74) is 0.887. The van der Waals surface area contributed by atoms with Gasteiger partial charge >= 0.3 is 0 Å². The Kier molecular flexibility index (Phi) is 3.32. The first-order chi connectivity index (χ1) is 6.09. The first-order valence-electron chi connectivity index (χ1n) is 4.54. The number of ether oxygens (including phenoxy) is 1. The van der Waals surface area contributed by atoms with E-state index in [-0.39, 0.29) is 6.10 Å². The predicted molar refractivity (Wildman–Crippen MR) is 52.8 cm³/mol. The highest BCUT2D eigenvalue weighted by Gasteiger charge is 2.02. The summed E-state index contributed by atoms with van der Waals surface area (Å²) in [6.07, 6.45) is -0.264. The molecule has 0 aliphatic rings. The molecule has 0 radical (unpaired) electrons. The Morgan fingerprint density at radius 3 is 2.46 bits per heavy atom. The Labute approximate surface area is 79.2 Å². The molecule has 0 aromatic heterocycles. The first-order valence-corrected chi connectivity index (χ1v) is 4.54. The van der Waals surface area contributed by atoms with Crippen LogP contribution in [0, 0.1) is 0 Å². The molecule has 0 saturated heterocycles. The Morgan fingerprint density at radius 2 is 1.92 bits per heavy atom. The lowest BCUT2D eigenvalue weighted by Crippen LogP contribution is -2.05. The molecule has 0 saturated carbocycles. The molecule has 1 rings (SSSR count). The summed E-state index contributed by atoms with van der Waals surface area (Å²) in [5, 5.41) is 9.33. The number of hydrogen-bond donors (Lipinski definition) is 1. The van der Waals surface area contributed by atoms with Crippen molar-refractivity contribution in [2.75, 3.05) is 0 Å². The third-order valence-electron chi connectivity index (χ3n) is 1.71. The maximum Gasteiger partial charge on any atom is 0.120 e. The van der Waals surface area contributed by atoms with Crippen molar-refractivity contribution in [1.29, 1.82) is 0 Å². The fraction of sp³-hybridized carbons (Fsp3) is 0.455. The van der Waals surface area contributed by atoms with Crippen LogP contribution in [0.4, 0.5) is 0 Å². The van der Waals surface area contributed by atoms with Crippen LogP contribution in [-0.2, 0) is 0 Å². The van der Waals surface area contributed by atoms with E-state index in [1.165, 1.54) is 0 Å². The van der Waals surface area contributed by atoms with Crippen molar-refractivity contribution in [3.05, 3.63) is 29.8 Å². The third kappa shape index (κ3) is 3.07. The lowest BCUT2D eigenvalue weighted by Gasteiger charge is -2.11. The minimum atomic E-state index is -0.435. The monoisotopic (exact) mass is 180 g/mol. The molecule has 0 bridgehead atoms. The molecular formula is C11H16O2. The average molecular weight is 180 g/mol. The molecule has 1 aromatic rings. The molecule has 13 heavy (non-hydrogen) atoms. The van der Waals surface area contributed by atoms with E-state index in [4.69, 9.17) is 4.74 Å². The van der Waals surface area contributed by atoms with Gasteiger partial charge in [-0.25, -0.2) is 0 Å². The van der Waals surface area contributed by atoms with Crippen molar-refractivity contribution < 1.29 is 9.84 Å². The second-order valence-electron chi connectivity index (χ2n) is 3.42. The lowest BCUT2D eigenvalue weighted by molar-refractivity contribution is 0.197. The third-order valence-corrected chi connectivity index (χ3v) is 1.71. The highest BCUT2D eigenvalue weighted by atomic mass is 16.5. The van der Waals surface area contributed by atoms with Gasteiger partial charge in [0.15, 0.2) is 0 Å². The van der Waals surface area contributed by atoms with E-state index < -0.39 is 6.10 Å². The van der Waals surface area contributed by atoms with Crippen molar-refractivity contribution in [2.45, 2.75) is 33.0 Å². The summed E-state index contributed by atoms with van der Waals surface area (Å²) >= 11 is 0. The number of rotatable bonds is 3. The van der Waals surface area contributed by atoms with Gasteiger partial charge in [0.05, 0.1) is 12.2 Å². The second kappa shape index (κ2) is 4.28. The minimum Gasteiger partial charge on any atom is -0.491 e. The summed E-state index contributed by atoms with van der Waals surface area (Å²) in [5.74, 6) is 0.813. The van der Waals surface area contributed by atoms with Crippen molar-refractivity contribution in [3.63, 3.8) is 0 Å². The molecule has 1 aromatic carbocycles. The largest absolute Gasteiger partial charge is 0.491 e. The topological polar surface area (TPSA) is 29.5 Å². The molecule has 0 aliphatic carbocycles. The van der Waals surface area contributed by atoms with Gasteiger partial charge in [0.1, 0.15) is 5.75 Å². The standard InChI is InChI=1S/C11H16O2/c1-8(2)13-11-6-4-5-10(7-11)9(3)12/h4-9,12H,1-3H3/t9-/m1/s1. The van der Waals surface area contributed by atoms with Crippen molar-refractivity contribution in [1.82, 2.24) is 0 Å². The van der Waals surface area contributed by atoms with Gasteiger partial charge in [-0.1, -0.05) is 12.1 Å². The van der Waals surface area contributed by atoms with E-state index in [0.29, 0.717) is 0 Å². The summed E-state index contributed by atoms with van der Waals surface area (Å²) in [4.78, 5) is 0. The van der Waals surface area contributed by atoms with Crippen molar-refractivity contribution in [2.24, 2.45) is 0 Å². The second-order valence-corrected chi connectivity index (χ2v) is 3.42. The number of aliphatic hydroxyl groups is 1. The molecule has 1 atom stereocenters. The summed E-state index contributed by atoms with van der Waals surface area (Å²) in [7, 11) is 0. The smallest absolute Gasteiger partial charge is 0.120 e. The Morgan fingerprint density at radius 1 is 1.23 bits per heavy atom. The van der Waals surface area contributed by atoms with Crippen LogP contribution < -0.4 is 4.74 Å². The van der Waals surface area contributed by atoms with Gasteiger partial charge in [-0.05, 0) is 38.5 Å². The zero-order valence-corrected chi connectivity index (χ0v) is 8.32. The van der Waals surface area contributed by atoms with E-state index in [1.807, 2.05) is 38.1 Å². The van der Waals surface area contributed by atoms with E-state index in [1.54, 1.807) is 6.92 Å². The SMILES string of the molecule is CC(C)Oc1cccc([C@@H](C)O)c1. The van der Waals surface area contributed by atoms with Gasteiger partial charge < -0.3 is 9.84 Å². The zero-order valence-electron chi connectivity index (χ0n) is 8.32. The maximum absolute atomic E-state index is 9.33. The van der Waals surface area contributed by atoms with Gasteiger partial charge in [0.2, 0.25) is 0 Å². The van der Waals surface area contributed by atoms with E-state index in [2.05, 4.69) is 0 Å². The molecule has 0 fully saturated rings. The predicted octanol–water partition coefficient (Wildman–Crippen LogP) is 2.53. The fourth-order valence-corrected chi connectivity index (χ4v) is 1.12. The molecule has 0 spiro atoms. The zero-order chi connectivity index (χ0) is 9.84. The minimum absolute atomic E-state index is 0.171. The van der Waals surface area contributed by atoms with Crippen LogP contribution in [0.15, 0.2) is 24.3 Å². The van der Waals surface area contributed by atoms with Crippen LogP contribution in [0.25, 0.3) is 0 Å². The van der Waals surface area contributed by atoms with Gasteiger partial charge in [0.25, 0.3) is 0 Å². The quantitative estimate of drug-likeness (QED) is 0.774. The Bertz CT molecular complexity index is 267. The van der Waals surface area contributed by atoms with E-state index in [0.717, 1.165) is 11.3 Å². The Hall–Kier alpha value is -1.02. The van der Waals surface area contributed by atoms with Crippen LogP contribution in [0.1, 0.15) is 32.4 Å². The molecule has 0 unspecified atom stereocenters. The number of benzene rings is 1. The van der Waals surface area contributed by atoms with Crippen LogP contribution in [0.3, 0.4) is 0 Å². The molecule has 0 amide bonds. The molecule has 72 valence electrons. The molecule has 2 nitrogen and oxygen atoms in total. The van der Waals surface area contributed by atoms with Gasteiger partial charge in [-0.3, -0.25) is 0 Å². The van der Waals surface area contributed by atoms with Gasteiger partial charge in [0, 0.05) is 0 Å². The summed E-state index contributed by atoms with van der Waals surface area (Å²) < 4.78 is 5.49. The van der Waals surface area contributed by atoms with E-state index >= 15 is 0 Å². The van der Waals surface area contributed by atoms with Gasteiger partial charge in [-0.15, -0.1) is 0 Å². The van der Waals surface area contributed by atoms with Crippen molar-refractivity contribution in [3.8, 4) is 5.75 Å². The van der Waals surface area contributed by atoms with Crippen molar-refractivity contribution >= 4 is 0 Å². The number of hydrogen-bond acceptors (Lipinski definition) is 2. The maximum atomic E-state index is 9.33.